The zero-order valence-corrected chi connectivity index (χ0v) is 10.1. The summed E-state index contributed by atoms with van der Waals surface area (Å²) < 4.78 is 37.0. The van der Waals surface area contributed by atoms with Gasteiger partial charge in [-0.3, -0.25) is 0 Å². The third-order valence-electron chi connectivity index (χ3n) is 2.48. The number of hydrogen-bond acceptors (Lipinski definition) is 3. The van der Waals surface area contributed by atoms with Gasteiger partial charge in [-0.25, -0.2) is 9.97 Å². The summed E-state index contributed by atoms with van der Waals surface area (Å²) in [5, 5.41) is 9.09. The van der Waals surface area contributed by atoms with E-state index in [4.69, 9.17) is 5.11 Å². The van der Waals surface area contributed by atoms with Crippen molar-refractivity contribution in [3.05, 3.63) is 22.8 Å². The molecule has 0 spiro atoms. The van der Waals surface area contributed by atoms with Crippen LogP contribution in [0.4, 0.5) is 13.2 Å². The molecule has 17 heavy (non-hydrogen) atoms. The van der Waals surface area contributed by atoms with E-state index >= 15 is 0 Å². The van der Waals surface area contributed by atoms with Crippen LogP contribution in [0.25, 0.3) is 0 Å². The van der Waals surface area contributed by atoms with Crippen molar-refractivity contribution in [3.63, 3.8) is 0 Å². The number of aliphatic hydroxyl groups is 1. The lowest BCUT2D eigenvalue weighted by molar-refractivity contribution is -0.209. The maximum atomic E-state index is 12.3. The number of alkyl halides is 3. The second kappa shape index (κ2) is 4.60. The molecule has 0 saturated carbocycles. The fraction of sp³-hybridized carbons (Fsp3) is 0.636. The van der Waals surface area contributed by atoms with Crippen LogP contribution in [0.1, 0.15) is 48.6 Å². The smallest absolute Gasteiger partial charge is 0.377 e. The zero-order valence-electron chi connectivity index (χ0n) is 10.1. The lowest BCUT2D eigenvalue weighted by Gasteiger charge is -2.17. The first-order valence-corrected chi connectivity index (χ1v) is 5.24. The predicted octanol–water partition coefficient (Wildman–Crippen LogP) is 2.81. The largest absolute Gasteiger partial charge is 0.421 e. The minimum Gasteiger partial charge on any atom is -0.377 e. The van der Waals surface area contributed by atoms with Gasteiger partial charge in [0.2, 0.25) is 6.10 Å². The summed E-state index contributed by atoms with van der Waals surface area (Å²) in [6.07, 6.45) is -7.36. The van der Waals surface area contributed by atoms with E-state index in [0.717, 1.165) is 5.56 Å². The van der Waals surface area contributed by atoms with Crippen LogP contribution in [-0.2, 0) is 0 Å². The van der Waals surface area contributed by atoms with Gasteiger partial charge in [-0.05, 0) is 25.3 Å². The number of nitrogens with zero attached hydrogens (tertiary/aromatic N) is 2. The Morgan fingerprint density at radius 3 is 1.76 bits per heavy atom. The van der Waals surface area contributed by atoms with Crippen LogP contribution < -0.4 is 0 Å². The average molecular weight is 248 g/mol. The lowest BCUT2D eigenvalue weighted by Crippen LogP contribution is -2.23. The molecule has 0 aromatic carbocycles. The molecule has 1 aromatic heterocycles. The van der Waals surface area contributed by atoms with Gasteiger partial charge >= 0.3 is 6.18 Å². The number of aromatic nitrogens is 2. The Balaban J connectivity index is 3.24. The van der Waals surface area contributed by atoms with Crippen molar-refractivity contribution >= 4 is 0 Å². The van der Waals surface area contributed by atoms with Crippen LogP contribution in [0, 0.1) is 13.8 Å². The molecule has 1 heterocycles. The summed E-state index contributed by atoms with van der Waals surface area (Å²) in [7, 11) is 0. The molecule has 0 fully saturated rings. The quantitative estimate of drug-likeness (QED) is 0.875. The van der Waals surface area contributed by atoms with Crippen molar-refractivity contribution < 1.29 is 18.3 Å². The summed E-state index contributed by atoms with van der Waals surface area (Å²) in [4.78, 5) is 7.48. The summed E-state index contributed by atoms with van der Waals surface area (Å²) in [5.41, 5.74) is 1.78. The highest BCUT2D eigenvalue weighted by Gasteiger charge is 2.41. The van der Waals surface area contributed by atoms with Crippen molar-refractivity contribution in [3.8, 4) is 0 Å². The van der Waals surface area contributed by atoms with Crippen LogP contribution in [-0.4, -0.2) is 21.3 Å². The Bertz CT molecular complexity index is 393. The van der Waals surface area contributed by atoms with Gasteiger partial charge in [0.25, 0.3) is 0 Å². The van der Waals surface area contributed by atoms with E-state index in [0.29, 0.717) is 11.4 Å². The molecular weight excluding hydrogens is 233 g/mol. The first-order chi connectivity index (χ1) is 7.64. The molecule has 0 bridgehead atoms. The molecule has 6 heteroatoms. The standard InChI is InChI=1S/C11H15F3N2O/c1-5(2)8-6(3)15-10(16-7(8)4)9(17)11(12,13)14/h5,9,17H,1-4H3. The number of hydrogen-bond donors (Lipinski definition) is 1. The highest BCUT2D eigenvalue weighted by atomic mass is 19.4. The number of aliphatic hydroxyl groups excluding tert-OH is 1. The molecule has 0 aliphatic rings. The Morgan fingerprint density at radius 1 is 1.06 bits per heavy atom. The molecule has 1 aromatic rings. The van der Waals surface area contributed by atoms with Gasteiger partial charge in [-0.1, -0.05) is 13.8 Å². The summed E-state index contributed by atoms with van der Waals surface area (Å²) in [5.74, 6) is -0.455. The van der Waals surface area contributed by atoms with E-state index in [2.05, 4.69) is 9.97 Å². The second-order valence-corrected chi connectivity index (χ2v) is 4.27. The Hall–Kier alpha value is -1.17. The first kappa shape index (κ1) is 13.9. The highest BCUT2D eigenvalue weighted by Crippen LogP contribution is 2.31. The molecule has 0 aliphatic heterocycles. The second-order valence-electron chi connectivity index (χ2n) is 4.27. The molecular formula is C11H15F3N2O. The normalized spacial score (nSPS) is 14.2. The van der Waals surface area contributed by atoms with Gasteiger partial charge in [-0.2, -0.15) is 13.2 Å². The van der Waals surface area contributed by atoms with E-state index in [-0.39, 0.29) is 5.92 Å². The van der Waals surface area contributed by atoms with Crippen molar-refractivity contribution in [2.75, 3.05) is 0 Å². The van der Waals surface area contributed by atoms with Gasteiger partial charge in [-0.15, -0.1) is 0 Å². The fourth-order valence-corrected chi connectivity index (χ4v) is 1.86. The first-order valence-electron chi connectivity index (χ1n) is 5.24. The lowest BCUT2D eigenvalue weighted by atomic mass is 10.00. The SMILES string of the molecule is Cc1nc(C(O)C(F)(F)F)nc(C)c1C(C)C. The molecule has 0 aliphatic carbocycles. The third-order valence-corrected chi connectivity index (χ3v) is 2.48. The molecule has 3 nitrogen and oxygen atoms in total. The van der Waals surface area contributed by atoms with Crippen molar-refractivity contribution in [1.82, 2.24) is 9.97 Å². The Kier molecular flexibility index (Phi) is 3.76. The fourth-order valence-electron chi connectivity index (χ4n) is 1.86. The predicted molar refractivity (Wildman–Crippen MR) is 56.6 cm³/mol. The topological polar surface area (TPSA) is 46.0 Å². The summed E-state index contributed by atoms with van der Waals surface area (Å²) in [6.45, 7) is 7.07. The zero-order chi connectivity index (χ0) is 13.4. The maximum absolute atomic E-state index is 12.3. The summed E-state index contributed by atoms with van der Waals surface area (Å²) in [6, 6.07) is 0. The molecule has 1 rings (SSSR count). The summed E-state index contributed by atoms with van der Waals surface area (Å²) >= 11 is 0. The van der Waals surface area contributed by atoms with Gasteiger partial charge in [0.05, 0.1) is 0 Å². The monoisotopic (exact) mass is 248 g/mol. The Labute approximate surface area is 97.7 Å². The molecule has 1 atom stereocenters. The average Bonchev–Trinajstić information content (AvgIpc) is 2.13. The maximum Gasteiger partial charge on any atom is 0.421 e. The van der Waals surface area contributed by atoms with Gasteiger partial charge in [0.1, 0.15) is 0 Å². The molecule has 0 radical (unpaired) electrons. The van der Waals surface area contributed by atoms with Crippen LogP contribution in [0.5, 0.6) is 0 Å². The van der Waals surface area contributed by atoms with Crippen molar-refractivity contribution in [2.45, 2.75) is 45.9 Å². The molecule has 1 N–H and O–H groups in total. The van der Waals surface area contributed by atoms with Gasteiger partial charge < -0.3 is 5.11 Å². The van der Waals surface area contributed by atoms with Crippen molar-refractivity contribution in [1.29, 1.82) is 0 Å². The van der Waals surface area contributed by atoms with Crippen LogP contribution in [0.3, 0.4) is 0 Å². The number of rotatable bonds is 2. The van der Waals surface area contributed by atoms with E-state index in [1.807, 2.05) is 13.8 Å². The van der Waals surface area contributed by atoms with E-state index < -0.39 is 18.1 Å². The molecule has 1 unspecified atom stereocenters. The molecule has 0 amide bonds. The van der Waals surface area contributed by atoms with Gasteiger partial charge in [0, 0.05) is 11.4 Å². The third kappa shape index (κ3) is 2.94. The van der Waals surface area contributed by atoms with E-state index in [1.54, 1.807) is 13.8 Å². The van der Waals surface area contributed by atoms with E-state index in [9.17, 15) is 13.2 Å². The molecule has 0 saturated heterocycles. The van der Waals surface area contributed by atoms with Gasteiger partial charge in [0.15, 0.2) is 5.82 Å². The Morgan fingerprint density at radius 2 is 1.47 bits per heavy atom. The minimum atomic E-state index is -4.74. The van der Waals surface area contributed by atoms with E-state index in [1.165, 1.54) is 0 Å². The van der Waals surface area contributed by atoms with Crippen LogP contribution >= 0.6 is 0 Å². The minimum absolute atomic E-state index is 0.132. The highest BCUT2D eigenvalue weighted by molar-refractivity contribution is 5.27. The van der Waals surface area contributed by atoms with Crippen LogP contribution in [0.2, 0.25) is 0 Å². The van der Waals surface area contributed by atoms with Crippen molar-refractivity contribution in [2.24, 2.45) is 0 Å². The van der Waals surface area contributed by atoms with Crippen LogP contribution in [0.15, 0.2) is 0 Å². The molecule has 96 valence electrons. The number of aryl methyl sites for hydroxylation is 2. The number of halogens is 3.